The quantitative estimate of drug-likeness (QED) is 0.812. The average Bonchev–Trinajstić information content (AvgIpc) is 2.43. The first-order valence-electron chi connectivity index (χ1n) is 6.03. The van der Waals surface area contributed by atoms with E-state index in [0.29, 0.717) is 0 Å². The SMILES string of the molecule is Cc1ccc(O)c(C(=O)Nc2c(Cl)cccc2C(=O)O)c1. The zero-order valence-electron chi connectivity index (χ0n) is 11.1. The summed E-state index contributed by atoms with van der Waals surface area (Å²) in [5.41, 5.74) is 0.711. The minimum Gasteiger partial charge on any atom is -0.507 e. The third-order valence-electron chi connectivity index (χ3n) is 2.88. The van der Waals surface area contributed by atoms with Gasteiger partial charge in [0.2, 0.25) is 0 Å². The molecule has 0 spiro atoms. The highest BCUT2D eigenvalue weighted by Gasteiger charge is 2.18. The van der Waals surface area contributed by atoms with Gasteiger partial charge < -0.3 is 15.5 Å². The Hall–Kier alpha value is -2.53. The van der Waals surface area contributed by atoms with Crippen molar-refractivity contribution in [2.45, 2.75) is 6.92 Å². The number of carbonyl (C=O) groups is 2. The average molecular weight is 306 g/mol. The fourth-order valence-corrected chi connectivity index (χ4v) is 2.06. The number of halogens is 1. The third-order valence-corrected chi connectivity index (χ3v) is 3.19. The number of aryl methyl sites for hydroxylation is 1. The summed E-state index contributed by atoms with van der Waals surface area (Å²) >= 11 is 5.94. The Morgan fingerprint density at radius 2 is 1.86 bits per heavy atom. The molecular formula is C15H12ClNO4. The van der Waals surface area contributed by atoms with Crippen molar-refractivity contribution in [3.8, 4) is 5.75 Å². The number of amides is 1. The number of carboxylic acid groups (broad SMARTS) is 1. The van der Waals surface area contributed by atoms with Gasteiger partial charge in [-0.2, -0.15) is 0 Å². The largest absolute Gasteiger partial charge is 0.507 e. The van der Waals surface area contributed by atoms with Gasteiger partial charge in [-0.3, -0.25) is 4.79 Å². The van der Waals surface area contributed by atoms with Crippen molar-refractivity contribution in [2.24, 2.45) is 0 Å². The molecule has 0 aliphatic heterocycles. The zero-order valence-corrected chi connectivity index (χ0v) is 11.8. The molecule has 0 unspecified atom stereocenters. The van der Waals surface area contributed by atoms with E-state index < -0.39 is 11.9 Å². The van der Waals surface area contributed by atoms with E-state index >= 15 is 0 Å². The van der Waals surface area contributed by atoms with E-state index in [0.717, 1.165) is 5.56 Å². The number of anilines is 1. The maximum atomic E-state index is 12.2. The number of aromatic carboxylic acids is 1. The van der Waals surface area contributed by atoms with Crippen LogP contribution in [-0.2, 0) is 0 Å². The molecule has 0 aliphatic rings. The van der Waals surface area contributed by atoms with Crippen LogP contribution in [0.3, 0.4) is 0 Å². The predicted molar refractivity (Wildman–Crippen MR) is 79.2 cm³/mol. The Morgan fingerprint density at radius 3 is 2.52 bits per heavy atom. The van der Waals surface area contributed by atoms with Crippen LogP contribution >= 0.6 is 11.6 Å². The highest BCUT2D eigenvalue weighted by atomic mass is 35.5. The summed E-state index contributed by atoms with van der Waals surface area (Å²) in [6.07, 6.45) is 0. The lowest BCUT2D eigenvalue weighted by Gasteiger charge is -2.11. The summed E-state index contributed by atoms with van der Waals surface area (Å²) in [6.45, 7) is 1.77. The van der Waals surface area contributed by atoms with Crippen LogP contribution in [0.1, 0.15) is 26.3 Å². The van der Waals surface area contributed by atoms with Crippen LogP contribution < -0.4 is 5.32 Å². The topological polar surface area (TPSA) is 86.6 Å². The maximum Gasteiger partial charge on any atom is 0.337 e. The van der Waals surface area contributed by atoms with Gasteiger partial charge in [0.25, 0.3) is 5.91 Å². The highest BCUT2D eigenvalue weighted by Crippen LogP contribution is 2.28. The summed E-state index contributed by atoms with van der Waals surface area (Å²) in [6, 6.07) is 8.84. The molecule has 0 atom stereocenters. The van der Waals surface area contributed by atoms with Gasteiger partial charge in [0, 0.05) is 0 Å². The number of aromatic hydroxyl groups is 1. The van der Waals surface area contributed by atoms with Gasteiger partial charge in [0.05, 0.1) is 21.8 Å². The first-order valence-corrected chi connectivity index (χ1v) is 6.40. The second kappa shape index (κ2) is 5.85. The summed E-state index contributed by atoms with van der Waals surface area (Å²) in [7, 11) is 0. The van der Waals surface area contributed by atoms with Gasteiger partial charge >= 0.3 is 5.97 Å². The van der Waals surface area contributed by atoms with E-state index in [-0.39, 0.29) is 27.6 Å². The lowest BCUT2D eigenvalue weighted by atomic mass is 10.1. The van der Waals surface area contributed by atoms with Crippen LogP contribution in [0.15, 0.2) is 36.4 Å². The third kappa shape index (κ3) is 3.14. The summed E-state index contributed by atoms with van der Waals surface area (Å²) in [5, 5.41) is 21.4. The van der Waals surface area contributed by atoms with E-state index in [1.165, 1.54) is 30.3 Å². The summed E-state index contributed by atoms with van der Waals surface area (Å²) < 4.78 is 0. The van der Waals surface area contributed by atoms with Crippen molar-refractivity contribution in [2.75, 3.05) is 5.32 Å². The number of carboxylic acids is 1. The summed E-state index contributed by atoms with van der Waals surface area (Å²) in [4.78, 5) is 23.3. The fraction of sp³-hybridized carbons (Fsp3) is 0.0667. The predicted octanol–water partition coefficient (Wildman–Crippen LogP) is 3.30. The molecule has 0 aromatic heterocycles. The van der Waals surface area contributed by atoms with Crippen molar-refractivity contribution in [3.05, 3.63) is 58.1 Å². The van der Waals surface area contributed by atoms with Crippen molar-refractivity contribution in [1.29, 1.82) is 0 Å². The molecule has 2 rings (SSSR count). The number of carbonyl (C=O) groups excluding carboxylic acids is 1. The first-order chi connectivity index (χ1) is 9.90. The molecule has 0 heterocycles. The molecule has 1 amide bonds. The lowest BCUT2D eigenvalue weighted by molar-refractivity contribution is 0.0698. The Labute approximate surface area is 125 Å². The minimum atomic E-state index is -1.21. The standard InChI is InChI=1S/C15H12ClNO4/c1-8-5-6-12(18)10(7-8)14(19)17-13-9(15(20)21)3-2-4-11(13)16/h2-7,18H,1H3,(H,17,19)(H,20,21). The number of benzene rings is 2. The second-order valence-electron chi connectivity index (χ2n) is 4.44. The van der Waals surface area contributed by atoms with Crippen molar-refractivity contribution < 1.29 is 19.8 Å². The molecule has 0 radical (unpaired) electrons. The molecule has 0 fully saturated rings. The number of hydrogen-bond donors (Lipinski definition) is 3. The number of phenolic OH excluding ortho intramolecular Hbond substituents is 1. The van der Waals surface area contributed by atoms with E-state index in [2.05, 4.69) is 5.32 Å². The van der Waals surface area contributed by atoms with E-state index in [1.807, 2.05) is 0 Å². The number of rotatable bonds is 3. The highest BCUT2D eigenvalue weighted by molar-refractivity contribution is 6.35. The van der Waals surface area contributed by atoms with Crippen LogP contribution in [0.25, 0.3) is 0 Å². The number of nitrogens with one attached hydrogen (secondary N) is 1. The summed E-state index contributed by atoms with van der Waals surface area (Å²) in [5.74, 6) is -2.03. The number of hydrogen-bond acceptors (Lipinski definition) is 3. The number of para-hydroxylation sites is 1. The van der Waals surface area contributed by atoms with Gasteiger partial charge in [-0.1, -0.05) is 29.3 Å². The second-order valence-corrected chi connectivity index (χ2v) is 4.85. The molecule has 5 nitrogen and oxygen atoms in total. The molecule has 2 aromatic carbocycles. The van der Waals surface area contributed by atoms with Crippen LogP contribution in [0, 0.1) is 6.92 Å². The molecule has 0 saturated carbocycles. The number of phenols is 1. The van der Waals surface area contributed by atoms with Gasteiger partial charge in [-0.25, -0.2) is 4.79 Å². The Kier molecular flexibility index (Phi) is 4.14. The molecule has 2 aromatic rings. The van der Waals surface area contributed by atoms with Gasteiger partial charge in [0.15, 0.2) is 0 Å². The van der Waals surface area contributed by atoms with E-state index in [4.69, 9.17) is 16.7 Å². The normalized spacial score (nSPS) is 10.2. The molecular weight excluding hydrogens is 294 g/mol. The Morgan fingerprint density at radius 1 is 1.14 bits per heavy atom. The molecule has 21 heavy (non-hydrogen) atoms. The van der Waals surface area contributed by atoms with Crippen molar-refractivity contribution in [1.82, 2.24) is 0 Å². The van der Waals surface area contributed by atoms with Crippen molar-refractivity contribution in [3.63, 3.8) is 0 Å². The molecule has 108 valence electrons. The smallest absolute Gasteiger partial charge is 0.337 e. The van der Waals surface area contributed by atoms with Crippen LogP contribution in [0.4, 0.5) is 5.69 Å². The Bertz CT molecular complexity index is 728. The molecule has 6 heteroatoms. The zero-order chi connectivity index (χ0) is 15.6. The lowest BCUT2D eigenvalue weighted by Crippen LogP contribution is -2.15. The van der Waals surface area contributed by atoms with Crippen molar-refractivity contribution >= 4 is 29.2 Å². The maximum absolute atomic E-state index is 12.2. The minimum absolute atomic E-state index is 0.00225. The molecule has 0 aliphatic carbocycles. The Balaban J connectivity index is 2.41. The van der Waals surface area contributed by atoms with E-state index in [9.17, 15) is 14.7 Å². The molecule has 0 bridgehead atoms. The molecule has 3 N–H and O–H groups in total. The van der Waals surface area contributed by atoms with Crippen LogP contribution in [0.2, 0.25) is 5.02 Å². The van der Waals surface area contributed by atoms with Gasteiger partial charge in [0.1, 0.15) is 5.75 Å². The monoisotopic (exact) mass is 305 g/mol. The van der Waals surface area contributed by atoms with E-state index in [1.54, 1.807) is 13.0 Å². The molecule has 0 saturated heterocycles. The first kappa shape index (κ1) is 14.9. The fourth-order valence-electron chi connectivity index (χ4n) is 1.84. The van der Waals surface area contributed by atoms with Gasteiger partial charge in [-0.05, 0) is 31.2 Å². The van der Waals surface area contributed by atoms with Crippen LogP contribution in [0.5, 0.6) is 5.75 Å². The van der Waals surface area contributed by atoms with Gasteiger partial charge in [-0.15, -0.1) is 0 Å². The van der Waals surface area contributed by atoms with Crippen LogP contribution in [-0.4, -0.2) is 22.1 Å².